The number of hydrogen-bond acceptors (Lipinski definition) is 4. The van der Waals surface area contributed by atoms with E-state index in [0.717, 1.165) is 35.5 Å². The summed E-state index contributed by atoms with van der Waals surface area (Å²) in [4.78, 5) is 0. The van der Waals surface area contributed by atoms with Gasteiger partial charge in [-0.1, -0.05) is 58.9 Å². The van der Waals surface area contributed by atoms with Crippen molar-refractivity contribution in [3.63, 3.8) is 0 Å². The van der Waals surface area contributed by atoms with Crippen molar-refractivity contribution in [2.75, 3.05) is 14.2 Å². The molecule has 46 heavy (non-hydrogen) atoms. The first-order valence-electron chi connectivity index (χ1n) is 19.5. The van der Waals surface area contributed by atoms with Crippen LogP contribution < -0.4 is 0 Å². The Morgan fingerprint density at radius 3 is 1.00 bits per heavy atom. The lowest BCUT2D eigenvalue weighted by Crippen LogP contribution is -2.86. The molecule has 0 aromatic heterocycles. The summed E-state index contributed by atoms with van der Waals surface area (Å²) in [6, 6.07) is 0. The van der Waals surface area contributed by atoms with Gasteiger partial charge in [0.2, 0.25) is 0 Å². The van der Waals surface area contributed by atoms with Crippen molar-refractivity contribution in [3.8, 4) is 0 Å². The first-order valence-corrected chi connectivity index (χ1v) is 40.3. The Morgan fingerprint density at radius 2 is 0.761 bits per heavy atom. The molecule has 8 bridgehead atoms. The summed E-state index contributed by atoms with van der Waals surface area (Å²) in [6.45, 7) is 31.3. The third-order valence-electron chi connectivity index (χ3n) is 14.7. The molecule has 3 unspecified atom stereocenters. The van der Waals surface area contributed by atoms with E-state index in [1.54, 1.807) is 0 Å². The zero-order valence-corrected chi connectivity index (χ0v) is 38.7. The molecule has 266 valence electrons. The van der Waals surface area contributed by atoms with Crippen LogP contribution in [0.15, 0.2) is 0 Å². The fraction of sp³-hybridized carbons (Fsp3) is 1.00. The molecule has 8 aliphatic rings. The maximum atomic E-state index is 8.73. The first kappa shape index (κ1) is 36.9. The molecule has 0 saturated heterocycles. The van der Waals surface area contributed by atoms with Crippen LogP contribution in [0.3, 0.4) is 0 Å². The van der Waals surface area contributed by atoms with Crippen LogP contribution in [0.2, 0.25) is 78.6 Å². The smallest absolute Gasteiger partial charge is 0.344 e. The molecule has 8 saturated carbocycles. The van der Waals surface area contributed by atoms with Crippen molar-refractivity contribution in [3.05, 3.63) is 0 Å². The number of hydrogen-bond donors (Lipinski definition) is 0. The molecule has 3 atom stereocenters. The SMILES string of the molecule is CO[Si](OC(C12CC3CC(CC(C3)C1)C2)[Si](OC)([Si](C)(C)C)[Si](C)(C)C)(C(O[Si](C)(C)C)C12CC3CC(CC(C3)C1)C2)[Si](C)(C)C. The average molecular weight is 739 g/mol. The molecule has 4 nitrogen and oxygen atoms in total. The van der Waals surface area contributed by atoms with Crippen molar-refractivity contribution in [1.29, 1.82) is 0 Å². The third kappa shape index (κ3) is 5.90. The highest BCUT2D eigenvalue weighted by molar-refractivity contribution is 7.67. The van der Waals surface area contributed by atoms with Crippen LogP contribution in [0.1, 0.15) is 77.0 Å². The maximum Gasteiger partial charge on any atom is 0.344 e. The van der Waals surface area contributed by atoms with Gasteiger partial charge >= 0.3 is 8.08 Å². The summed E-state index contributed by atoms with van der Waals surface area (Å²) in [5, 5.41) is 0. The van der Waals surface area contributed by atoms with Crippen molar-refractivity contribution in [1.82, 2.24) is 0 Å². The van der Waals surface area contributed by atoms with Crippen molar-refractivity contribution >= 4 is 46.5 Å². The Hall–Kier alpha value is 1.14. The molecular formula is C36H74O4Si6. The third-order valence-corrected chi connectivity index (χ3v) is 65.0. The van der Waals surface area contributed by atoms with Gasteiger partial charge in [0.25, 0.3) is 0 Å². The van der Waals surface area contributed by atoms with Crippen LogP contribution in [-0.4, -0.2) is 72.2 Å². The fourth-order valence-corrected chi connectivity index (χ4v) is 74.5. The van der Waals surface area contributed by atoms with Gasteiger partial charge in [0.1, 0.15) is 7.59 Å². The zero-order chi connectivity index (χ0) is 33.9. The second-order valence-electron chi connectivity index (χ2n) is 22.2. The molecule has 8 rings (SSSR count). The molecule has 8 fully saturated rings. The molecule has 0 aromatic rings. The Balaban J connectivity index is 1.58. The maximum absolute atomic E-state index is 8.73. The Bertz CT molecular complexity index is 1050. The molecule has 0 amide bonds. The standard InChI is InChI=1S/C36H74O4Si6/c1-37-45(42(6,7)8,33(39-41(3,4)5)35-21-27-15-28(22-35)17-29(16-27)23-35)40-34(46(38-2,43(9,10)11)44(12,13)14)36-24-30-18-31(25-36)20-32(19-30)26-36/h27-34H,15-26H2,1-14H3. The van der Waals surface area contributed by atoms with E-state index in [9.17, 15) is 0 Å². The van der Waals surface area contributed by atoms with Gasteiger partial charge in [0, 0.05) is 14.2 Å². The van der Waals surface area contributed by atoms with E-state index < -0.39 is 46.5 Å². The van der Waals surface area contributed by atoms with Crippen LogP contribution >= 0.6 is 0 Å². The number of rotatable bonds is 13. The molecule has 0 spiro atoms. The zero-order valence-electron chi connectivity index (χ0n) is 32.7. The van der Waals surface area contributed by atoms with E-state index in [1.165, 1.54) is 77.0 Å². The monoisotopic (exact) mass is 738 g/mol. The van der Waals surface area contributed by atoms with E-state index in [-0.39, 0.29) is 22.3 Å². The highest BCUT2D eigenvalue weighted by Crippen LogP contribution is 2.66. The highest BCUT2D eigenvalue weighted by Gasteiger charge is 2.74. The van der Waals surface area contributed by atoms with Gasteiger partial charge in [-0.3, -0.25) is 0 Å². The first-order chi connectivity index (χ1) is 21.0. The lowest BCUT2D eigenvalue weighted by atomic mass is 9.50. The quantitative estimate of drug-likeness (QED) is 0.176. The van der Waals surface area contributed by atoms with Crippen LogP contribution in [0.4, 0.5) is 0 Å². The van der Waals surface area contributed by atoms with Gasteiger partial charge in [-0.25, -0.2) is 0 Å². The molecule has 0 N–H and O–H groups in total. The summed E-state index contributed by atoms with van der Waals surface area (Å²) in [7, 11) is -8.69. The Labute approximate surface area is 290 Å². The van der Waals surface area contributed by atoms with E-state index in [1.807, 2.05) is 0 Å². The second-order valence-corrected chi connectivity index (χ2v) is 66.6. The molecular weight excluding hydrogens is 665 g/mol. The van der Waals surface area contributed by atoms with Gasteiger partial charge in [0.05, 0.1) is 26.6 Å². The van der Waals surface area contributed by atoms with Crippen LogP contribution in [0.5, 0.6) is 0 Å². The minimum Gasteiger partial charge on any atom is -0.423 e. The second kappa shape index (κ2) is 11.8. The summed E-state index contributed by atoms with van der Waals surface area (Å²) in [6.07, 6.45) is 17.0. The van der Waals surface area contributed by atoms with Crippen molar-refractivity contribution in [2.24, 2.45) is 46.3 Å². The van der Waals surface area contributed by atoms with E-state index in [2.05, 4.69) is 92.8 Å². The van der Waals surface area contributed by atoms with Gasteiger partial charge in [-0.15, -0.1) is 0 Å². The van der Waals surface area contributed by atoms with Gasteiger partial charge in [-0.05, 0) is 143 Å². The average Bonchev–Trinajstić information content (AvgIpc) is 2.85. The molecule has 0 heterocycles. The minimum absolute atomic E-state index is 0.153. The molecule has 0 aliphatic heterocycles. The Morgan fingerprint density at radius 1 is 0.435 bits per heavy atom. The molecule has 8 aliphatic carbocycles. The summed E-state index contributed by atoms with van der Waals surface area (Å²) < 4.78 is 31.4. The highest BCUT2D eigenvalue weighted by atomic mass is 29.7. The van der Waals surface area contributed by atoms with E-state index in [0.29, 0.717) is 0 Å². The van der Waals surface area contributed by atoms with Gasteiger partial charge < -0.3 is 17.7 Å². The van der Waals surface area contributed by atoms with Crippen molar-refractivity contribution in [2.45, 2.75) is 167 Å². The molecule has 10 heteroatoms. The predicted molar refractivity (Wildman–Crippen MR) is 210 cm³/mol. The molecule has 0 aromatic carbocycles. The lowest BCUT2D eigenvalue weighted by molar-refractivity contribution is -0.118. The van der Waals surface area contributed by atoms with E-state index in [4.69, 9.17) is 17.7 Å². The minimum atomic E-state index is -2.94. The Kier molecular flexibility index (Phi) is 9.50. The topological polar surface area (TPSA) is 36.9 Å². The van der Waals surface area contributed by atoms with E-state index >= 15 is 0 Å². The normalized spacial score (nSPS) is 40.3. The fourth-order valence-electron chi connectivity index (χ4n) is 14.5. The van der Waals surface area contributed by atoms with Gasteiger partial charge in [-0.2, -0.15) is 0 Å². The largest absolute Gasteiger partial charge is 0.423 e. The van der Waals surface area contributed by atoms with Crippen molar-refractivity contribution < 1.29 is 17.7 Å². The van der Waals surface area contributed by atoms with Crippen LogP contribution in [0.25, 0.3) is 0 Å². The molecule has 0 radical (unpaired) electrons. The summed E-state index contributed by atoms with van der Waals surface area (Å²) in [5.74, 6) is 5.35. The predicted octanol–water partition coefficient (Wildman–Crippen LogP) is 10.0. The van der Waals surface area contributed by atoms with Crippen LogP contribution in [-0.2, 0) is 17.7 Å². The summed E-state index contributed by atoms with van der Waals surface area (Å²) >= 11 is 0. The summed E-state index contributed by atoms with van der Waals surface area (Å²) in [5.41, 5.74) is 0.898. The van der Waals surface area contributed by atoms with Crippen LogP contribution in [0, 0.1) is 46.3 Å². The van der Waals surface area contributed by atoms with Gasteiger partial charge in [0.15, 0.2) is 15.7 Å². The lowest BCUT2D eigenvalue weighted by Gasteiger charge is -2.68.